The first-order valence-electron chi connectivity index (χ1n) is 6.20. The predicted octanol–water partition coefficient (Wildman–Crippen LogP) is 1.29. The lowest BCUT2D eigenvalue weighted by Crippen LogP contribution is -2.51. The van der Waals surface area contributed by atoms with E-state index in [1.165, 1.54) is 0 Å². The fourth-order valence-electron chi connectivity index (χ4n) is 2.46. The fourth-order valence-corrected chi connectivity index (χ4v) is 2.46. The summed E-state index contributed by atoms with van der Waals surface area (Å²) in [6.45, 7) is 4.89. The molecular weight excluding hydrogens is 214 g/mol. The Hall–Kier alpha value is -1.29. The van der Waals surface area contributed by atoms with Crippen molar-refractivity contribution in [3.63, 3.8) is 0 Å². The van der Waals surface area contributed by atoms with Crippen LogP contribution in [-0.4, -0.2) is 33.9 Å². The summed E-state index contributed by atoms with van der Waals surface area (Å²) in [4.78, 5) is 17.2. The highest BCUT2D eigenvalue weighted by molar-refractivity contribution is 5.77. The average molecular weight is 235 g/mol. The normalized spacial score (nSPS) is 23.0. The van der Waals surface area contributed by atoms with Crippen molar-refractivity contribution in [2.45, 2.75) is 44.7 Å². The molecule has 1 unspecified atom stereocenters. The molecule has 2 rings (SSSR count). The number of H-pyrrole nitrogens is 1. The van der Waals surface area contributed by atoms with Crippen LogP contribution in [0.25, 0.3) is 0 Å². The van der Waals surface area contributed by atoms with E-state index < -0.39 is 0 Å². The molecule has 17 heavy (non-hydrogen) atoms. The Morgan fingerprint density at radius 2 is 2.41 bits per heavy atom. The average Bonchev–Trinajstić information content (AvgIpc) is 2.86. The number of carbonyl (C=O) groups excluding carboxylic acids is 1. The van der Waals surface area contributed by atoms with Gasteiger partial charge in [0.2, 0.25) is 5.91 Å². The number of rotatable bonds is 3. The maximum Gasteiger partial charge on any atom is 0.223 e. The molecule has 94 valence electrons. The molecule has 0 aliphatic carbocycles. The van der Waals surface area contributed by atoms with E-state index in [1.807, 2.05) is 23.2 Å². The molecular formula is C13H21N3O. The van der Waals surface area contributed by atoms with Crippen LogP contribution in [0.4, 0.5) is 0 Å². The summed E-state index contributed by atoms with van der Waals surface area (Å²) in [6, 6.07) is 4.06. The molecule has 1 aliphatic heterocycles. The van der Waals surface area contributed by atoms with Gasteiger partial charge in [-0.1, -0.05) is 0 Å². The van der Waals surface area contributed by atoms with Crippen LogP contribution in [0, 0.1) is 0 Å². The van der Waals surface area contributed by atoms with E-state index in [9.17, 15) is 4.79 Å². The summed E-state index contributed by atoms with van der Waals surface area (Å²) >= 11 is 0. The van der Waals surface area contributed by atoms with Crippen LogP contribution in [0.15, 0.2) is 18.3 Å². The first-order valence-corrected chi connectivity index (χ1v) is 6.20. The van der Waals surface area contributed by atoms with Gasteiger partial charge in [-0.2, -0.15) is 0 Å². The van der Waals surface area contributed by atoms with Gasteiger partial charge in [-0.25, -0.2) is 0 Å². The van der Waals surface area contributed by atoms with E-state index in [0.717, 1.165) is 25.1 Å². The number of amides is 1. The third-order valence-corrected chi connectivity index (χ3v) is 3.84. The lowest BCUT2D eigenvalue weighted by Gasteiger charge is -2.34. The lowest BCUT2D eigenvalue weighted by atomic mass is 9.96. The van der Waals surface area contributed by atoms with Gasteiger partial charge in [0.15, 0.2) is 0 Å². The second kappa shape index (κ2) is 4.53. The number of carbonyl (C=O) groups is 1. The van der Waals surface area contributed by atoms with E-state index in [4.69, 9.17) is 5.73 Å². The zero-order chi connectivity index (χ0) is 12.5. The Morgan fingerprint density at radius 3 is 2.94 bits per heavy atom. The van der Waals surface area contributed by atoms with Gasteiger partial charge in [0.05, 0.1) is 5.54 Å². The number of likely N-dealkylation sites (tertiary alicyclic amines) is 1. The van der Waals surface area contributed by atoms with E-state index in [1.54, 1.807) is 0 Å². The van der Waals surface area contributed by atoms with Gasteiger partial charge in [0.25, 0.3) is 0 Å². The molecule has 0 radical (unpaired) electrons. The van der Waals surface area contributed by atoms with E-state index in [-0.39, 0.29) is 17.5 Å². The Balaban J connectivity index is 1.92. The van der Waals surface area contributed by atoms with Crippen LogP contribution in [0.5, 0.6) is 0 Å². The fraction of sp³-hybridized carbons (Fsp3) is 0.615. The topological polar surface area (TPSA) is 62.1 Å². The molecule has 0 saturated carbocycles. The Labute approximate surface area is 102 Å². The molecule has 1 aromatic rings. The van der Waals surface area contributed by atoms with Gasteiger partial charge in [-0.15, -0.1) is 0 Å². The summed E-state index contributed by atoms with van der Waals surface area (Å²) < 4.78 is 0. The number of aryl methyl sites for hydroxylation is 1. The monoisotopic (exact) mass is 235 g/mol. The van der Waals surface area contributed by atoms with Crippen LogP contribution >= 0.6 is 0 Å². The predicted molar refractivity (Wildman–Crippen MR) is 67.5 cm³/mol. The maximum atomic E-state index is 12.2. The number of nitrogens with two attached hydrogens (primary N) is 1. The minimum Gasteiger partial charge on any atom is -0.365 e. The van der Waals surface area contributed by atoms with Gasteiger partial charge >= 0.3 is 0 Å². The van der Waals surface area contributed by atoms with Crippen molar-refractivity contribution in [2.24, 2.45) is 5.73 Å². The molecule has 1 amide bonds. The highest BCUT2D eigenvalue weighted by Crippen LogP contribution is 2.28. The molecule has 1 aliphatic rings. The molecule has 2 heterocycles. The third kappa shape index (κ3) is 2.36. The zero-order valence-electron chi connectivity index (χ0n) is 10.6. The number of nitrogens with one attached hydrogen (secondary N) is 1. The van der Waals surface area contributed by atoms with Crippen LogP contribution in [0.2, 0.25) is 0 Å². The quantitative estimate of drug-likeness (QED) is 0.829. The largest absolute Gasteiger partial charge is 0.365 e. The van der Waals surface area contributed by atoms with Gasteiger partial charge in [0, 0.05) is 30.9 Å². The van der Waals surface area contributed by atoms with Gasteiger partial charge in [-0.05, 0) is 38.8 Å². The van der Waals surface area contributed by atoms with Crippen molar-refractivity contribution in [1.29, 1.82) is 0 Å². The minimum absolute atomic E-state index is 0.0944. The SMILES string of the molecule is CC1(C)C(N)CCN1C(=O)CCc1ccc[nH]1. The number of hydrogen-bond donors (Lipinski definition) is 2. The van der Waals surface area contributed by atoms with Crippen molar-refractivity contribution in [3.8, 4) is 0 Å². The number of nitrogens with zero attached hydrogens (tertiary/aromatic N) is 1. The van der Waals surface area contributed by atoms with Crippen LogP contribution < -0.4 is 5.73 Å². The summed E-state index contributed by atoms with van der Waals surface area (Å²) in [5, 5.41) is 0. The standard InChI is InChI=1S/C13H21N3O/c1-13(2)11(14)7-9-16(13)12(17)6-5-10-4-3-8-15-10/h3-4,8,11,15H,5-7,9,14H2,1-2H3. The van der Waals surface area contributed by atoms with E-state index in [2.05, 4.69) is 18.8 Å². The van der Waals surface area contributed by atoms with Crippen LogP contribution in [0.1, 0.15) is 32.4 Å². The number of hydrogen-bond acceptors (Lipinski definition) is 2. The zero-order valence-corrected chi connectivity index (χ0v) is 10.6. The number of aromatic amines is 1. The Kier molecular flexibility index (Phi) is 3.24. The maximum absolute atomic E-state index is 12.2. The molecule has 0 spiro atoms. The highest BCUT2D eigenvalue weighted by Gasteiger charge is 2.41. The first kappa shape index (κ1) is 12.2. The summed E-state index contributed by atoms with van der Waals surface area (Å²) in [6.07, 6.45) is 4.11. The molecule has 0 aromatic carbocycles. The number of aromatic nitrogens is 1. The first-order chi connectivity index (χ1) is 8.01. The molecule has 1 fully saturated rings. The molecule has 1 aromatic heterocycles. The van der Waals surface area contributed by atoms with Crippen molar-refractivity contribution in [2.75, 3.05) is 6.54 Å². The molecule has 0 bridgehead atoms. The van der Waals surface area contributed by atoms with Crippen LogP contribution in [-0.2, 0) is 11.2 Å². The van der Waals surface area contributed by atoms with Crippen molar-refractivity contribution >= 4 is 5.91 Å². The Morgan fingerprint density at radius 1 is 1.65 bits per heavy atom. The van der Waals surface area contributed by atoms with Gasteiger partial charge in [0.1, 0.15) is 0 Å². The summed E-state index contributed by atoms with van der Waals surface area (Å²) in [7, 11) is 0. The van der Waals surface area contributed by atoms with Crippen LogP contribution in [0.3, 0.4) is 0 Å². The van der Waals surface area contributed by atoms with Gasteiger partial charge in [-0.3, -0.25) is 4.79 Å². The molecule has 1 saturated heterocycles. The molecule has 3 N–H and O–H groups in total. The molecule has 1 atom stereocenters. The molecule has 4 nitrogen and oxygen atoms in total. The smallest absolute Gasteiger partial charge is 0.223 e. The highest BCUT2D eigenvalue weighted by atomic mass is 16.2. The Bertz CT molecular complexity index is 383. The van der Waals surface area contributed by atoms with Crippen molar-refractivity contribution < 1.29 is 4.79 Å². The van der Waals surface area contributed by atoms with Gasteiger partial charge < -0.3 is 15.6 Å². The third-order valence-electron chi connectivity index (χ3n) is 3.84. The second-order valence-corrected chi connectivity index (χ2v) is 5.29. The lowest BCUT2D eigenvalue weighted by molar-refractivity contribution is -0.134. The van der Waals surface area contributed by atoms with E-state index >= 15 is 0 Å². The minimum atomic E-state index is -0.202. The summed E-state index contributed by atoms with van der Waals surface area (Å²) in [5.74, 6) is 0.206. The van der Waals surface area contributed by atoms with Crippen molar-refractivity contribution in [3.05, 3.63) is 24.0 Å². The van der Waals surface area contributed by atoms with E-state index in [0.29, 0.717) is 6.42 Å². The van der Waals surface area contributed by atoms with Crippen molar-refractivity contribution in [1.82, 2.24) is 9.88 Å². The second-order valence-electron chi connectivity index (χ2n) is 5.29. The summed E-state index contributed by atoms with van der Waals surface area (Å²) in [5.41, 5.74) is 6.94. The molecule has 4 heteroatoms.